The minimum absolute atomic E-state index is 0.194. The molecule has 1 amide bonds. The quantitative estimate of drug-likeness (QED) is 0.770. The molecule has 1 aliphatic heterocycles. The monoisotopic (exact) mass is 390 g/mol. The molecule has 1 fully saturated rings. The highest BCUT2D eigenvalue weighted by Crippen LogP contribution is 2.22. The summed E-state index contributed by atoms with van der Waals surface area (Å²) in [5.74, 6) is -3.92. The zero-order chi connectivity index (χ0) is 19.5. The van der Waals surface area contributed by atoms with Crippen LogP contribution in [0.3, 0.4) is 0 Å². The van der Waals surface area contributed by atoms with E-state index in [1.54, 1.807) is 0 Å². The topological polar surface area (TPSA) is 92.8 Å². The third-order valence-corrected chi connectivity index (χ3v) is 5.43. The van der Waals surface area contributed by atoms with Crippen molar-refractivity contribution in [3.8, 4) is 0 Å². The van der Waals surface area contributed by atoms with Gasteiger partial charge in [0.1, 0.15) is 17.3 Å². The highest BCUT2D eigenvalue weighted by molar-refractivity contribution is 7.88. The van der Waals surface area contributed by atoms with Gasteiger partial charge in [0.05, 0.1) is 12.2 Å². The molecular formula is C16H20F2N2O5S. The van der Waals surface area contributed by atoms with Gasteiger partial charge < -0.3 is 10.1 Å². The molecule has 0 bridgehead atoms. The molecule has 1 aromatic rings. The molecule has 0 radical (unpaired) electrons. The normalized spacial score (nSPS) is 17.5. The number of anilines is 1. The number of piperidine rings is 1. The number of halogens is 2. The van der Waals surface area contributed by atoms with E-state index in [0.717, 1.165) is 24.5 Å². The number of amides is 1. The molecule has 0 aliphatic carbocycles. The van der Waals surface area contributed by atoms with Crippen molar-refractivity contribution in [2.45, 2.75) is 25.9 Å². The lowest BCUT2D eigenvalue weighted by Gasteiger charge is -2.29. The van der Waals surface area contributed by atoms with Gasteiger partial charge in [-0.15, -0.1) is 0 Å². The Balaban J connectivity index is 1.90. The Morgan fingerprint density at radius 3 is 2.27 bits per heavy atom. The molecule has 1 saturated heterocycles. The summed E-state index contributed by atoms with van der Waals surface area (Å²) in [5.41, 5.74) is -0.609. The molecule has 1 atom stereocenters. The minimum Gasteiger partial charge on any atom is -0.452 e. The average molecular weight is 390 g/mol. The molecule has 1 aromatic carbocycles. The van der Waals surface area contributed by atoms with E-state index in [9.17, 15) is 26.8 Å². The second kappa shape index (κ2) is 8.09. The van der Waals surface area contributed by atoms with Crippen LogP contribution in [-0.2, 0) is 24.3 Å². The SMILES string of the molecule is CC(OC(=O)C1CCN(S(C)(=O)=O)CC1)C(=O)Nc1c(F)cccc1F. The standard InChI is InChI=1S/C16H20F2N2O5S/c1-10(15(21)19-14-12(17)4-3-5-13(14)18)25-16(22)11-6-8-20(9-7-11)26(2,23)24/h3-5,10-11H,6-9H2,1-2H3,(H,19,21). The maximum Gasteiger partial charge on any atom is 0.309 e. The Morgan fingerprint density at radius 1 is 1.23 bits per heavy atom. The molecule has 1 N–H and O–H groups in total. The number of ether oxygens (including phenoxy) is 1. The van der Waals surface area contributed by atoms with E-state index in [4.69, 9.17) is 4.74 Å². The second-order valence-corrected chi connectivity index (χ2v) is 8.08. The predicted octanol–water partition coefficient (Wildman–Crippen LogP) is 1.51. The summed E-state index contributed by atoms with van der Waals surface area (Å²) >= 11 is 0. The van der Waals surface area contributed by atoms with Gasteiger partial charge in [0.2, 0.25) is 10.0 Å². The Labute approximate surface area is 150 Å². The predicted molar refractivity (Wildman–Crippen MR) is 89.7 cm³/mol. The van der Waals surface area contributed by atoms with Crippen molar-refractivity contribution >= 4 is 27.6 Å². The van der Waals surface area contributed by atoms with E-state index in [1.165, 1.54) is 11.2 Å². The summed E-state index contributed by atoms with van der Waals surface area (Å²) in [4.78, 5) is 24.1. The van der Waals surface area contributed by atoms with Crippen molar-refractivity contribution in [1.29, 1.82) is 0 Å². The molecule has 0 aromatic heterocycles. The second-order valence-electron chi connectivity index (χ2n) is 6.10. The highest BCUT2D eigenvalue weighted by Gasteiger charge is 2.31. The van der Waals surface area contributed by atoms with Crippen LogP contribution in [0, 0.1) is 17.6 Å². The number of hydrogen-bond donors (Lipinski definition) is 1. The van der Waals surface area contributed by atoms with E-state index in [0.29, 0.717) is 0 Å². The largest absolute Gasteiger partial charge is 0.452 e. The van der Waals surface area contributed by atoms with Crippen LogP contribution in [0.15, 0.2) is 18.2 Å². The fourth-order valence-corrected chi connectivity index (χ4v) is 3.46. The number of hydrogen-bond acceptors (Lipinski definition) is 5. The molecule has 10 heteroatoms. The molecule has 0 saturated carbocycles. The zero-order valence-corrected chi connectivity index (χ0v) is 15.2. The Bertz CT molecular complexity index is 772. The van der Waals surface area contributed by atoms with Crippen LogP contribution < -0.4 is 5.32 Å². The molecule has 1 aliphatic rings. The Hall–Kier alpha value is -2.07. The maximum absolute atomic E-state index is 13.5. The summed E-state index contributed by atoms with van der Waals surface area (Å²) < 4.78 is 56.3. The van der Waals surface area contributed by atoms with Gasteiger partial charge in [0.15, 0.2) is 6.10 Å². The first kappa shape index (κ1) is 20.2. The molecule has 26 heavy (non-hydrogen) atoms. The first-order valence-corrected chi connectivity index (χ1v) is 9.85. The fraction of sp³-hybridized carbons (Fsp3) is 0.500. The van der Waals surface area contributed by atoms with Crippen LogP contribution in [0.1, 0.15) is 19.8 Å². The van der Waals surface area contributed by atoms with Gasteiger partial charge in [-0.25, -0.2) is 21.5 Å². The molecule has 2 rings (SSSR count). The minimum atomic E-state index is -3.31. The number of rotatable bonds is 5. The molecule has 1 heterocycles. The number of carbonyl (C=O) groups excluding carboxylic acids is 2. The van der Waals surface area contributed by atoms with Crippen LogP contribution in [-0.4, -0.2) is 50.0 Å². The summed E-state index contributed by atoms with van der Waals surface area (Å²) in [6.07, 6.45) is 0.402. The van der Waals surface area contributed by atoms with Gasteiger partial charge >= 0.3 is 5.97 Å². The van der Waals surface area contributed by atoms with Crippen molar-refractivity contribution in [2.24, 2.45) is 5.92 Å². The van der Waals surface area contributed by atoms with Gasteiger partial charge in [-0.05, 0) is 31.9 Å². The molecule has 0 spiro atoms. The summed E-state index contributed by atoms with van der Waals surface area (Å²) in [6, 6.07) is 3.14. The number of nitrogens with one attached hydrogen (secondary N) is 1. The van der Waals surface area contributed by atoms with Crippen LogP contribution in [0.25, 0.3) is 0 Å². The molecule has 7 nitrogen and oxygen atoms in total. The van der Waals surface area contributed by atoms with Crippen molar-refractivity contribution in [3.63, 3.8) is 0 Å². The van der Waals surface area contributed by atoms with Crippen LogP contribution in [0.5, 0.6) is 0 Å². The lowest BCUT2D eigenvalue weighted by atomic mass is 9.98. The van der Waals surface area contributed by atoms with E-state index in [-0.39, 0.29) is 25.9 Å². The van der Waals surface area contributed by atoms with E-state index in [2.05, 4.69) is 5.32 Å². The molecule has 144 valence electrons. The third kappa shape index (κ3) is 4.98. The average Bonchev–Trinajstić information content (AvgIpc) is 2.57. The van der Waals surface area contributed by atoms with Gasteiger partial charge in [-0.2, -0.15) is 0 Å². The van der Waals surface area contributed by atoms with E-state index < -0.39 is 51.2 Å². The Morgan fingerprint density at radius 2 is 1.77 bits per heavy atom. The Kier molecular flexibility index (Phi) is 6.30. The summed E-state index contributed by atoms with van der Waals surface area (Å²) in [7, 11) is -3.31. The van der Waals surface area contributed by atoms with Crippen molar-refractivity contribution in [3.05, 3.63) is 29.8 Å². The lowest BCUT2D eigenvalue weighted by molar-refractivity contribution is -0.158. The number of esters is 1. The van der Waals surface area contributed by atoms with Gasteiger partial charge in [-0.3, -0.25) is 9.59 Å². The van der Waals surface area contributed by atoms with Gasteiger partial charge in [0, 0.05) is 13.1 Å². The maximum atomic E-state index is 13.5. The van der Waals surface area contributed by atoms with Gasteiger partial charge in [-0.1, -0.05) is 6.07 Å². The first-order chi connectivity index (χ1) is 12.1. The molecule has 1 unspecified atom stereocenters. The molecular weight excluding hydrogens is 370 g/mol. The van der Waals surface area contributed by atoms with Crippen LogP contribution >= 0.6 is 0 Å². The fourth-order valence-electron chi connectivity index (χ4n) is 2.59. The highest BCUT2D eigenvalue weighted by atomic mass is 32.2. The third-order valence-electron chi connectivity index (χ3n) is 4.13. The number of benzene rings is 1. The number of carbonyl (C=O) groups is 2. The van der Waals surface area contributed by atoms with E-state index >= 15 is 0 Å². The zero-order valence-electron chi connectivity index (χ0n) is 14.4. The van der Waals surface area contributed by atoms with Crippen molar-refractivity contribution in [2.75, 3.05) is 24.7 Å². The van der Waals surface area contributed by atoms with Crippen molar-refractivity contribution < 1.29 is 31.5 Å². The smallest absolute Gasteiger partial charge is 0.309 e. The summed E-state index contributed by atoms with van der Waals surface area (Å²) in [5, 5.41) is 2.06. The van der Waals surface area contributed by atoms with Crippen molar-refractivity contribution in [1.82, 2.24) is 4.31 Å². The number of para-hydroxylation sites is 1. The number of sulfonamides is 1. The van der Waals surface area contributed by atoms with E-state index in [1.807, 2.05) is 0 Å². The first-order valence-electron chi connectivity index (χ1n) is 8.00. The van der Waals surface area contributed by atoms with Gasteiger partial charge in [0.25, 0.3) is 5.91 Å². The summed E-state index contributed by atoms with van der Waals surface area (Å²) in [6.45, 7) is 1.68. The number of nitrogens with zero attached hydrogens (tertiary/aromatic N) is 1. The van der Waals surface area contributed by atoms with Crippen LogP contribution in [0.2, 0.25) is 0 Å². The van der Waals surface area contributed by atoms with Crippen LogP contribution in [0.4, 0.5) is 14.5 Å². The lowest BCUT2D eigenvalue weighted by Crippen LogP contribution is -2.41.